The SMILES string of the molecule is C[C@@H](Oc1ccc(Cl)cc1)C(=O)Nc1ccccc1C(=O)N1CCOCC1. The highest BCUT2D eigenvalue weighted by Gasteiger charge is 2.23. The highest BCUT2D eigenvalue weighted by molar-refractivity contribution is 6.30. The number of carbonyl (C=O) groups is 2. The summed E-state index contributed by atoms with van der Waals surface area (Å²) in [6, 6.07) is 13.7. The number of hydrogen-bond acceptors (Lipinski definition) is 4. The third kappa shape index (κ3) is 4.99. The second-order valence-electron chi connectivity index (χ2n) is 6.15. The highest BCUT2D eigenvalue weighted by atomic mass is 35.5. The summed E-state index contributed by atoms with van der Waals surface area (Å²) in [6.07, 6.45) is -0.738. The van der Waals surface area contributed by atoms with Crippen LogP contribution in [0.2, 0.25) is 5.02 Å². The summed E-state index contributed by atoms with van der Waals surface area (Å²) in [5.74, 6) is 0.0763. The Labute approximate surface area is 163 Å². The van der Waals surface area contributed by atoms with Crippen LogP contribution in [0.15, 0.2) is 48.5 Å². The Balaban J connectivity index is 1.68. The van der Waals surface area contributed by atoms with Gasteiger partial charge in [0.1, 0.15) is 5.75 Å². The van der Waals surface area contributed by atoms with Crippen molar-refractivity contribution < 1.29 is 19.1 Å². The number of morpholine rings is 1. The Morgan fingerprint density at radius 1 is 1.11 bits per heavy atom. The van der Waals surface area contributed by atoms with Crippen molar-refractivity contribution >= 4 is 29.1 Å². The van der Waals surface area contributed by atoms with E-state index >= 15 is 0 Å². The number of halogens is 1. The van der Waals surface area contributed by atoms with Crippen LogP contribution in [0, 0.1) is 0 Å². The standard InChI is InChI=1S/C20H21ClN2O4/c1-14(27-16-8-6-15(21)7-9-16)19(24)22-18-5-3-2-4-17(18)20(25)23-10-12-26-13-11-23/h2-9,14H,10-13H2,1H3,(H,22,24)/t14-/m1/s1. The van der Waals surface area contributed by atoms with Crippen molar-refractivity contribution in [3.8, 4) is 5.75 Å². The molecule has 0 spiro atoms. The minimum Gasteiger partial charge on any atom is -0.481 e. The molecule has 3 rings (SSSR count). The summed E-state index contributed by atoms with van der Waals surface area (Å²) in [5.41, 5.74) is 0.914. The van der Waals surface area contributed by atoms with Gasteiger partial charge in [0.2, 0.25) is 0 Å². The molecule has 0 radical (unpaired) electrons. The fraction of sp³-hybridized carbons (Fsp3) is 0.300. The first-order chi connectivity index (χ1) is 13.0. The smallest absolute Gasteiger partial charge is 0.265 e. The summed E-state index contributed by atoms with van der Waals surface area (Å²) >= 11 is 5.85. The Hall–Kier alpha value is -2.57. The minimum atomic E-state index is -0.738. The van der Waals surface area contributed by atoms with Gasteiger partial charge in [0.15, 0.2) is 6.10 Å². The zero-order chi connectivity index (χ0) is 19.2. The Kier molecular flexibility index (Phi) is 6.32. The van der Waals surface area contributed by atoms with Gasteiger partial charge in [-0.15, -0.1) is 0 Å². The molecule has 0 bridgehead atoms. The van der Waals surface area contributed by atoms with Gasteiger partial charge in [0.25, 0.3) is 11.8 Å². The number of ether oxygens (including phenoxy) is 2. The van der Waals surface area contributed by atoms with Gasteiger partial charge >= 0.3 is 0 Å². The van der Waals surface area contributed by atoms with Gasteiger partial charge in [-0.3, -0.25) is 9.59 Å². The lowest BCUT2D eigenvalue weighted by atomic mass is 10.1. The average Bonchev–Trinajstić information content (AvgIpc) is 2.70. The number of nitrogens with one attached hydrogen (secondary N) is 1. The zero-order valence-corrected chi connectivity index (χ0v) is 15.7. The van der Waals surface area contributed by atoms with Crippen LogP contribution in [0.5, 0.6) is 5.75 Å². The van der Waals surface area contributed by atoms with Gasteiger partial charge in [-0.05, 0) is 43.3 Å². The van der Waals surface area contributed by atoms with E-state index in [1.165, 1.54) is 0 Å². The van der Waals surface area contributed by atoms with Crippen molar-refractivity contribution in [3.05, 3.63) is 59.1 Å². The second-order valence-corrected chi connectivity index (χ2v) is 6.59. The maximum Gasteiger partial charge on any atom is 0.265 e. The molecule has 0 aromatic heterocycles. The number of amides is 2. The molecule has 1 N–H and O–H groups in total. The zero-order valence-electron chi connectivity index (χ0n) is 15.0. The molecular weight excluding hydrogens is 368 g/mol. The third-order valence-electron chi connectivity index (χ3n) is 4.21. The summed E-state index contributed by atoms with van der Waals surface area (Å²) in [5, 5.41) is 3.39. The van der Waals surface area contributed by atoms with Crippen molar-refractivity contribution in [3.63, 3.8) is 0 Å². The number of para-hydroxylation sites is 1. The van der Waals surface area contributed by atoms with E-state index in [1.807, 2.05) is 0 Å². The molecule has 0 unspecified atom stereocenters. The van der Waals surface area contributed by atoms with Crippen molar-refractivity contribution in [1.82, 2.24) is 4.90 Å². The highest BCUT2D eigenvalue weighted by Crippen LogP contribution is 2.20. The van der Waals surface area contributed by atoms with Crippen molar-refractivity contribution in [1.29, 1.82) is 0 Å². The molecule has 27 heavy (non-hydrogen) atoms. The molecule has 1 saturated heterocycles. The lowest BCUT2D eigenvalue weighted by Crippen LogP contribution is -2.41. The van der Waals surface area contributed by atoms with E-state index in [4.69, 9.17) is 21.1 Å². The molecule has 7 heteroatoms. The Morgan fingerprint density at radius 3 is 2.48 bits per heavy atom. The normalized spacial score (nSPS) is 15.1. The summed E-state index contributed by atoms with van der Waals surface area (Å²) in [6.45, 7) is 3.77. The molecule has 142 valence electrons. The third-order valence-corrected chi connectivity index (χ3v) is 4.46. The van der Waals surface area contributed by atoms with Crippen LogP contribution in [0.4, 0.5) is 5.69 Å². The van der Waals surface area contributed by atoms with Crippen LogP contribution in [-0.2, 0) is 9.53 Å². The molecule has 1 fully saturated rings. The monoisotopic (exact) mass is 388 g/mol. The van der Waals surface area contributed by atoms with Gasteiger partial charge < -0.3 is 19.7 Å². The van der Waals surface area contributed by atoms with Crippen LogP contribution >= 0.6 is 11.6 Å². The number of rotatable bonds is 5. The first-order valence-corrected chi connectivity index (χ1v) is 9.11. The topological polar surface area (TPSA) is 67.9 Å². The van der Waals surface area contributed by atoms with E-state index in [2.05, 4.69) is 5.32 Å². The molecule has 2 amide bonds. The van der Waals surface area contributed by atoms with E-state index in [0.717, 1.165) is 0 Å². The van der Waals surface area contributed by atoms with Crippen molar-refractivity contribution in [2.45, 2.75) is 13.0 Å². The molecule has 6 nitrogen and oxygen atoms in total. The van der Waals surface area contributed by atoms with E-state index in [-0.39, 0.29) is 11.8 Å². The number of benzene rings is 2. The quantitative estimate of drug-likeness (QED) is 0.854. The van der Waals surface area contributed by atoms with Gasteiger partial charge in [0.05, 0.1) is 24.5 Å². The molecule has 0 aliphatic carbocycles. The predicted molar refractivity (Wildman–Crippen MR) is 103 cm³/mol. The second kappa shape index (κ2) is 8.88. The Bertz CT molecular complexity index is 804. The fourth-order valence-electron chi connectivity index (χ4n) is 2.72. The first kappa shape index (κ1) is 19.2. The first-order valence-electron chi connectivity index (χ1n) is 8.74. The Morgan fingerprint density at radius 2 is 1.78 bits per heavy atom. The van der Waals surface area contributed by atoms with Crippen molar-refractivity contribution in [2.75, 3.05) is 31.6 Å². The number of carbonyl (C=O) groups excluding carboxylic acids is 2. The average molecular weight is 389 g/mol. The fourth-order valence-corrected chi connectivity index (χ4v) is 2.85. The van der Waals surface area contributed by atoms with E-state index in [9.17, 15) is 9.59 Å². The van der Waals surface area contributed by atoms with Crippen molar-refractivity contribution in [2.24, 2.45) is 0 Å². The summed E-state index contributed by atoms with van der Waals surface area (Å²) in [4.78, 5) is 27.0. The molecule has 1 atom stereocenters. The van der Waals surface area contributed by atoms with Gasteiger partial charge in [-0.25, -0.2) is 0 Å². The lowest BCUT2D eigenvalue weighted by molar-refractivity contribution is -0.122. The molecule has 2 aromatic carbocycles. The largest absolute Gasteiger partial charge is 0.481 e. The van der Waals surface area contributed by atoms with Crippen LogP contribution in [0.25, 0.3) is 0 Å². The van der Waals surface area contributed by atoms with E-state index in [0.29, 0.717) is 48.3 Å². The number of hydrogen-bond donors (Lipinski definition) is 1. The molecule has 1 aliphatic rings. The van der Waals surface area contributed by atoms with Crippen LogP contribution in [0.1, 0.15) is 17.3 Å². The van der Waals surface area contributed by atoms with E-state index < -0.39 is 6.10 Å². The molecular formula is C20H21ClN2O4. The van der Waals surface area contributed by atoms with Gasteiger partial charge in [0, 0.05) is 18.1 Å². The predicted octanol–water partition coefficient (Wildman–Crippen LogP) is 3.22. The van der Waals surface area contributed by atoms with Crippen LogP contribution in [0.3, 0.4) is 0 Å². The molecule has 1 aliphatic heterocycles. The maximum atomic E-state index is 12.8. The molecule has 2 aromatic rings. The van der Waals surface area contributed by atoms with Crippen LogP contribution < -0.4 is 10.1 Å². The summed E-state index contributed by atoms with van der Waals surface area (Å²) in [7, 11) is 0. The minimum absolute atomic E-state index is 0.125. The molecule has 0 saturated carbocycles. The number of nitrogens with zero attached hydrogens (tertiary/aromatic N) is 1. The van der Waals surface area contributed by atoms with Crippen LogP contribution in [-0.4, -0.2) is 49.1 Å². The number of anilines is 1. The lowest BCUT2D eigenvalue weighted by Gasteiger charge is -2.27. The summed E-state index contributed by atoms with van der Waals surface area (Å²) < 4.78 is 10.9. The molecule has 1 heterocycles. The van der Waals surface area contributed by atoms with Gasteiger partial charge in [-0.2, -0.15) is 0 Å². The maximum absolute atomic E-state index is 12.8. The van der Waals surface area contributed by atoms with E-state index in [1.54, 1.807) is 60.4 Å². The van der Waals surface area contributed by atoms with Gasteiger partial charge in [-0.1, -0.05) is 23.7 Å².